The molecule has 1 aliphatic heterocycles. The summed E-state index contributed by atoms with van der Waals surface area (Å²) in [6.07, 6.45) is 1.99. The summed E-state index contributed by atoms with van der Waals surface area (Å²) in [5, 5.41) is 8.89. The minimum absolute atomic E-state index is 0.119. The lowest BCUT2D eigenvalue weighted by Gasteiger charge is -2.08. The van der Waals surface area contributed by atoms with E-state index in [9.17, 15) is 9.59 Å². The molecule has 0 unspecified atom stereocenters. The first-order chi connectivity index (χ1) is 9.65. The second-order valence-corrected chi connectivity index (χ2v) is 4.61. The largest absolute Gasteiger partial charge is 0.492 e. The number of rotatable bonds is 4. The summed E-state index contributed by atoms with van der Waals surface area (Å²) >= 11 is 0. The van der Waals surface area contributed by atoms with Crippen molar-refractivity contribution < 1.29 is 23.8 Å². The summed E-state index contributed by atoms with van der Waals surface area (Å²) in [6, 6.07) is 6.57. The predicted molar refractivity (Wildman–Crippen MR) is 69.1 cm³/mol. The zero-order valence-corrected chi connectivity index (χ0v) is 10.6. The molecule has 102 valence electrons. The summed E-state index contributed by atoms with van der Waals surface area (Å²) in [5.74, 6) is -0.462. The molecule has 5 heteroatoms. The van der Waals surface area contributed by atoms with Gasteiger partial charge < -0.3 is 14.3 Å². The van der Waals surface area contributed by atoms with Crippen LogP contribution in [0.25, 0.3) is 0 Å². The number of carbonyl (C=O) groups excluding carboxylic acids is 1. The number of fused-ring (bicyclic) bond motifs is 1. The van der Waals surface area contributed by atoms with Crippen molar-refractivity contribution in [3.8, 4) is 5.75 Å². The summed E-state index contributed by atoms with van der Waals surface area (Å²) in [4.78, 5) is 23.2. The number of hydrogen-bond acceptors (Lipinski definition) is 4. The highest BCUT2D eigenvalue weighted by Crippen LogP contribution is 2.33. The van der Waals surface area contributed by atoms with Gasteiger partial charge in [0.2, 0.25) is 5.78 Å². The molecule has 2 aromatic rings. The number of hydrogen-bond donors (Lipinski definition) is 1. The molecule has 0 radical (unpaired) electrons. The van der Waals surface area contributed by atoms with Crippen LogP contribution in [0.1, 0.15) is 27.2 Å². The molecule has 2 heterocycles. The fraction of sp³-hybridized carbons (Fsp3) is 0.200. The molecule has 1 aliphatic rings. The number of aliphatic carboxylic acids is 1. The van der Waals surface area contributed by atoms with Gasteiger partial charge in [0.25, 0.3) is 0 Å². The van der Waals surface area contributed by atoms with E-state index < -0.39 is 5.97 Å². The van der Waals surface area contributed by atoms with Gasteiger partial charge in [-0.05, 0) is 29.3 Å². The lowest BCUT2D eigenvalue weighted by molar-refractivity contribution is -0.136. The van der Waals surface area contributed by atoms with Crippen LogP contribution in [0.5, 0.6) is 5.75 Å². The van der Waals surface area contributed by atoms with E-state index in [0.717, 1.165) is 5.56 Å². The lowest BCUT2D eigenvalue weighted by atomic mass is 9.98. The number of ether oxygens (including phenoxy) is 1. The molecular weight excluding hydrogens is 260 g/mol. The standard InChI is InChI=1S/C15H12O5/c16-13(17)8-9-6-10-3-5-20-15(10)11(7-9)14(18)12-2-1-4-19-12/h1-2,4,6-7H,3,5,8H2,(H,16,17). The van der Waals surface area contributed by atoms with Gasteiger partial charge in [0, 0.05) is 6.42 Å². The van der Waals surface area contributed by atoms with Crippen LogP contribution in [0.2, 0.25) is 0 Å². The molecule has 0 fully saturated rings. The Morgan fingerprint density at radius 1 is 1.30 bits per heavy atom. The first-order valence-electron chi connectivity index (χ1n) is 6.24. The number of ketones is 1. The third-order valence-electron chi connectivity index (χ3n) is 3.19. The molecule has 5 nitrogen and oxygen atoms in total. The van der Waals surface area contributed by atoms with Crippen molar-refractivity contribution in [3.05, 3.63) is 53.0 Å². The fourth-order valence-corrected chi connectivity index (χ4v) is 2.36. The third kappa shape index (κ3) is 2.18. The maximum Gasteiger partial charge on any atom is 0.307 e. The summed E-state index contributed by atoms with van der Waals surface area (Å²) < 4.78 is 10.6. The van der Waals surface area contributed by atoms with Crippen molar-refractivity contribution in [1.29, 1.82) is 0 Å². The maximum absolute atomic E-state index is 12.4. The second kappa shape index (κ2) is 4.85. The van der Waals surface area contributed by atoms with Crippen molar-refractivity contribution in [2.75, 3.05) is 6.61 Å². The summed E-state index contributed by atoms with van der Waals surface area (Å²) in [6.45, 7) is 0.504. The van der Waals surface area contributed by atoms with E-state index in [1.54, 1.807) is 24.3 Å². The zero-order chi connectivity index (χ0) is 14.1. The topological polar surface area (TPSA) is 76.7 Å². The van der Waals surface area contributed by atoms with Crippen molar-refractivity contribution in [2.45, 2.75) is 12.8 Å². The normalized spacial score (nSPS) is 12.8. The van der Waals surface area contributed by atoms with E-state index in [0.29, 0.717) is 29.9 Å². The fourth-order valence-electron chi connectivity index (χ4n) is 2.36. The van der Waals surface area contributed by atoms with Crippen molar-refractivity contribution >= 4 is 11.8 Å². The van der Waals surface area contributed by atoms with Gasteiger partial charge >= 0.3 is 5.97 Å². The molecule has 3 rings (SSSR count). The van der Waals surface area contributed by atoms with Crippen LogP contribution in [-0.4, -0.2) is 23.5 Å². The van der Waals surface area contributed by atoms with Crippen LogP contribution in [0.3, 0.4) is 0 Å². The van der Waals surface area contributed by atoms with Crippen LogP contribution >= 0.6 is 0 Å². The Kier molecular flexibility index (Phi) is 3.02. The van der Waals surface area contributed by atoms with Gasteiger partial charge in [0.1, 0.15) is 5.75 Å². The van der Waals surface area contributed by atoms with Crippen molar-refractivity contribution in [2.24, 2.45) is 0 Å². The SMILES string of the molecule is O=C(O)Cc1cc2c(c(C(=O)c3ccco3)c1)OCC2. The van der Waals surface area contributed by atoms with E-state index >= 15 is 0 Å². The van der Waals surface area contributed by atoms with Gasteiger partial charge in [-0.3, -0.25) is 9.59 Å². The van der Waals surface area contributed by atoms with E-state index in [-0.39, 0.29) is 18.0 Å². The highest BCUT2D eigenvalue weighted by Gasteiger charge is 2.24. The molecule has 0 amide bonds. The Hall–Kier alpha value is -2.56. The molecular formula is C15H12O5. The number of carboxylic acid groups (broad SMARTS) is 1. The number of carbonyl (C=O) groups is 2. The number of benzene rings is 1. The first-order valence-corrected chi connectivity index (χ1v) is 6.24. The molecule has 1 aromatic carbocycles. The van der Waals surface area contributed by atoms with Gasteiger partial charge in [0.15, 0.2) is 5.76 Å². The van der Waals surface area contributed by atoms with E-state index in [4.69, 9.17) is 14.3 Å². The highest BCUT2D eigenvalue weighted by molar-refractivity contribution is 6.09. The van der Waals surface area contributed by atoms with Crippen LogP contribution in [-0.2, 0) is 17.6 Å². The Labute approximate surface area is 114 Å². The van der Waals surface area contributed by atoms with Gasteiger partial charge in [-0.1, -0.05) is 6.07 Å². The average molecular weight is 272 g/mol. The third-order valence-corrected chi connectivity index (χ3v) is 3.19. The maximum atomic E-state index is 12.4. The summed E-state index contributed by atoms with van der Waals surface area (Å²) in [7, 11) is 0. The molecule has 0 bridgehead atoms. The van der Waals surface area contributed by atoms with E-state index in [1.165, 1.54) is 6.26 Å². The Morgan fingerprint density at radius 3 is 2.85 bits per heavy atom. The quantitative estimate of drug-likeness (QED) is 0.862. The Balaban J connectivity index is 2.07. The minimum atomic E-state index is -0.930. The molecule has 1 aromatic heterocycles. The molecule has 0 atom stereocenters. The van der Waals surface area contributed by atoms with Crippen LogP contribution in [0.15, 0.2) is 34.9 Å². The van der Waals surface area contributed by atoms with Gasteiger partial charge in [0.05, 0.1) is 24.9 Å². The minimum Gasteiger partial charge on any atom is -0.492 e. The molecule has 0 spiro atoms. The van der Waals surface area contributed by atoms with Crippen LogP contribution in [0.4, 0.5) is 0 Å². The van der Waals surface area contributed by atoms with Crippen molar-refractivity contribution in [1.82, 2.24) is 0 Å². The Morgan fingerprint density at radius 2 is 2.15 bits per heavy atom. The highest BCUT2D eigenvalue weighted by atomic mass is 16.5. The Bertz CT molecular complexity index is 670. The first kappa shape index (κ1) is 12.5. The molecule has 0 aliphatic carbocycles. The summed E-state index contributed by atoms with van der Waals surface area (Å²) in [5.41, 5.74) is 1.83. The van der Waals surface area contributed by atoms with Gasteiger partial charge in [-0.15, -0.1) is 0 Å². The second-order valence-electron chi connectivity index (χ2n) is 4.61. The van der Waals surface area contributed by atoms with Gasteiger partial charge in [-0.2, -0.15) is 0 Å². The lowest BCUT2D eigenvalue weighted by Crippen LogP contribution is -2.06. The van der Waals surface area contributed by atoms with Crippen LogP contribution < -0.4 is 4.74 Å². The predicted octanol–water partition coefficient (Wildman–Crippen LogP) is 2.07. The average Bonchev–Trinajstić information content (AvgIpc) is 3.07. The molecule has 1 N–H and O–H groups in total. The molecule has 0 saturated heterocycles. The smallest absolute Gasteiger partial charge is 0.307 e. The number of furan rings is 1. The van der Waals surface area contributed by atoms with Crippen LogP contribution in [0, 0.1) is 0 Å². The van der Waals surface area contributed by atoms with E-state index in [1.807, 2.05) is 0 Å². The van der Waals surface area contributed by atoms with Gasteiger partial charge in [-0.25, -0.2) is 0 Å². The number of carboxylic acids is 1. The zero-order valence-electron chi connectivity index (χ0n) is 10.6. The van der Waals surface area contributed by atoms with Crippen molar-refractivity contribution in [3.63, 3.8) is 0 Å². The van der Waals surface area contributed by atoms with E-state index in [2.05, 4.69) is 0 Å². The molecule has 20 heavy (non-hydrogen) atoms. The molecule has 0 saturated carbocycles. The monoisotopic (exact) mass is 272 g/mol.